The Morgan fingerprint density at radius 3 is 2.53 bits per heavy atom. The lowest BCUT2D eigenvalue weighted by Gasteiger charge is -2.02. The van der Waals surface area contributed by atoms with Crippen molar-refractivity contribution >= 4 is 11.3 Å². The summed E-state index contributed by atoms with van der Waals surface area (Å²) in [5.74, 6) is 0.912. The molecule has 1 aromatic carbocycles. The highest BCUT2D eigenvalue weighted by Crippen LogP contribution is 2.26. The number of hydrogen-bond donors (Lipinski definition) is 0. The molecule has 0 bridgehead atoms. The first-order chi connectivity index (χ1) is 7.29. The molecule has 0 unspecified atom stereocenters. The minimum atomic E-state index is 0.704. The summed E-state index contributed by atoms with van der Waals surface area (Å²) in [6.45, 7) is 4.75. The molecule has 0 aliphatic rings. The SMILES string of the molecule is CCOc1ccc(-c2ncc(C)s2)cc1. The summed E-state index contributed by atoms with van der Waals surface area (Å²) in [6.07, 6.45) is 1.90. The molecule has 0 saturated carbocycles. The van der Waals surface area contributed by atoms with Crippen molar-refractivity contribution < 1.29 is 4.74 Å². The Bertz CT molecular complexity index is 433. The summed E-state index contributed by atoms with van der Waals surface area (Å²) in [6, 6.07) is 8.05. The van der Waals surface area contributed by atoms with Crippen LogP contribution in [-0.4, -0.2) is 11.6 Å². The number of ether oxygens (including phenoxy) is 1. The van der Waals surface area contributed by atoms with Gasteiger partial charge in [-0.1, -0.05) is 0 Å². The average molecular weight is 219 g/mol. The number of rotatable bonds is 3. The molecule has 0 spiro atoms. The van der Waals surface area contributed by atoms with Crippen LogP contribution < -0.4 is 4.74 Å². The number of hydrogen-bond acceptors (Lipinski definition) is 3. The van der Waals surface area contributed by atoms with Gasteiger partial charge in [-0.2, -0.15) is 0 Å². The maximum absolute atomic E-state index is 5.38. The Kier molecular flexibility index (Phi) is 3.02. The Labute approximate surface area is 93.6 Å². The second-order valence-electron chi connectivity index (χ2n) is 3.23. The summed E-state index contributed by atoms with van der Waals surface area (Å²) < 4.78 is 5.38. The van der Waals surface area contributed by atoms with Crippen molar-refractivity contribution in [2.45, 2.75) is 13.8 Å². The molecular weight excluding hydrogens is 206 g/mol. The standard InChI is InChI=1S/C12H13NOS/c1-3-14-11-6-4-10(5-7-11)12-13-8-9(2)15-12/h4-8H,3H2,1-2H3. The molecule has 2 rings (SSSR count). The first-order valence-electron chi connectivity index (χ1n) is 4.95. The molecule has 0 aliphatic carbocycles. The molecule has 0 radical (unpaired) electrons. The lowest BCUT2D eigenvalue weighted by atomic mass is 10.2. The third-order valence-electron chi connectivity index (χ3n) is 2.03. The van der Waals surface area contributed by atoms with Gasteiger partial charge < -0.3 is 4.74 Å². The zero-order chi connectivity index (χ0) is 10.7. The van der Waals surface area contributed by atoms with E-state index in [0.717, 1.165) is 16.3 Å². The van der Waals surface area contributed by atoms with Crippen LogP contribution in [0.4, 0.5) is 0 Å². The van der Waals surface area contributed by atoms with Crippen LogP contribution in [0.5, 0.6) is 5.75 Å². The van der Waals surface area contributed by atoms with Gasteiger partial charge >= 0.3 is 0 Å². The first-order valence-corrected chi connectivity index (χ1v) is 5.77. The van der Waals surface area contributed by atoms with Gasteiger partial charge in [0.2, 0.25) is 0 Å². The number of aromatic nitrogens is 1. The van der Waals surface area contributed by atoms with Crippen molar-refractivity contribution in [1.29, 1.82) is 0 Å². The van der Waals surface area contributed by atoms with Crippen molar-refractivity contribution in [3.05, 3.63) is 35.3 Å². The summed E-state index contributed by atoms with van der Waals surface area (Å²) in [7, 11) is 0. The lowest BCUT2D eigenvalue weighted by molar-refractivity contribution is 0.340. The van der Waals surface area contributed by atoms with Gasteiger partial charge in [0.05, 0.1) is 6.61 Å². The molecule has 0 saturated heterocycles. The van der Waals surface area contributed by atoms with E-state index >= 15 is 0 Å². The predicted molar refractivity (Wildman–Crippen MR) is 63.5 cm³/mol. The average Bonchev–Trinajstić information content (AvgIpc) is 2.67. The van der Waals surface area contributed by atoms with Crippen LogP contribution in [-0.2, 0) is 0 Å². The number of nitrogens with zero attached hydrogens (tertiary/aromatic N) is 1. The van der Waals surface area contributed by atoms with Crippen molar-refractivity contribution in [3.63, 3.8) is 0 Å². The third-order valence-corrected chi connectivity index (χ3v) is 3.00. The number of aryl methyl sites for hydroxylation is 1. The van der Waals surface area contributed by atoms with Gasteiger partial charge in [-0.3, -0.25) is 0 Å². The molecule has 15 heavy (non-hydrogen) atoms. The van der Waals surface area contributed by atoms with Crippen molar-refractivity contribution in [2.75, 3.05) is 6.61 Å². The van der Waals surface area contributed by atoms with Gasteiger partial charge in [0.25, 0.3) is 0 Å². The highest BCUT2D eigenvalue weighted by molar-refractivity contribution is 7.14. The fourth-order valence-electron chi connectivity index (χ4n) is 1.35. The van der Waals surface area contributed by atoms with Crippen LogP contribution in [0.1, 0.15) is 11.8 Å². The van der Waals surface area contributed by atoms with E-state index in [-0.39, 0.29) is 0 Å². The largest absolute Gasteiger partial charge is 0.494 e. The zero-order valence-corrected chi connectivity index (χ0v) is 9.67. The van der Waals surface area contributed by atoms with Crippen molar-refractivity contribution in [1.82, 2.24) is 4.98 Å². The topological polar surface area (TPSA) is 22.1 Å². The van der Waals surface area contributed by atoms with Crippen LogP contribution in [0.25, 0.3) is 10.6 Å². The minimum Gasteiger partial charge on any atom is -0.494 e. The molecule has 1 heterocycles. The van der Waals surface area contributed by atoms with Crippen LogP contribution in [0, 0.1) is 6.92 Å². The molecule has 1 aromatic heterocycles. The molecular formula is C12H13NOS. The maximum Gasteiger partial charge on any atom is 0.123 e. The second kappa shape index (κ2) is 4.45. The molecule has 0 atom stereocenters. The maximum atomic E-state index is 5.38. The number of benzene rings is 1. The van der Waals surface area contributed by atoms with E-state index in [9.17, 15) is 0 Å². The molecule has 3 heteroatoms. The molecule has 2 aromatic rings. The molecule has 0 fully saturated rings. The Balaban J connectivity index is 2.23. The summed E-state index contributed by atoms with van der Waals surface area (Å²) in [5.41, 5.74) is 1.15. The van der Waals surface area contributed by atoms with Crippen LogP contribution in [0.2, 0.25) is 0 Å². The van der Waals surface area contributed by atoms with Gasteiger partial charge in [-0.15, -0.1) is 11.3 Å². The van der Waals surface area contributed by atoms with E-state index in [1.165, 1.54) is 4.88 Å². The summed E-state index contributed by atoms with van der Waals surface area (Å²) in [5, 5.41) is 1.07. The fourth-order valence-corrected chi connectivity index (χ4v) is 2.12. The monoisotopic (exact) mass is 219 g/mol. The van der Waals surface area contributed by atoms with Gasteiger partial charge in [-0.05, 0) is 38.1 Å². The van der Waals surface area contributed by atoms with Crippen molar-refractivity contribution in [3.8, 4) is 16.3 Å². The zero-order valence-electron chi connectivity index (χ0n) is 8.86. The highest BCUT2D eigenvalue weighted by Gasteiger charge is 2.02. The minimum absolute atomic E-state index is 0.704. The summed E-state index contributed by atoms with van der Waals surface area (Å²) in [4.78, 5) is 5.57. The fraction of sp³-hybridized carbons (Fsp3) is 0.250. The molecule has 0 N–H and O–H groups in total. The van der Waals surface area contributed by atoms with E-state index in [2.05, 4.69) is 11.9 Å². The first kappa shape index (κ1) is 10.2. The van der Waals surface area contributed by atoms with E-state index in [4.69, 9.17) is 4.74 Å². The Hall–Kier alpha value is -1.35. The van der Waals surface area contributed by atoms with Crippen LogP contribution in [0.3, 0.4) is 0 Å². The van der Waals surface area contributed by atoms with E-state index in [1.54, 1.807) is 11.3 Å². The molecule has 2 nitrogen and oxygen atoms in total. The van der Waals surface area contributed by atoms with Crippen molar-refractivity contribution in [2.24, 2.45) is 0 Å². The Morgan fingerprint density at radius 2 is 2.00 bits per heavy atom. The van der Waals surface area contributed by atoms with Crippen LogP contribution >= 0.6 is 11.3 Å². The second-order valence-corrected chi connectivity index (χ2v) is 4.47. The van der Waals surface area contributed by atoms with Gasteiger partial charge in [-0.25, -0.2) is 4.98 Å². The third kappa shape index (κ3) is 2.36. The summed E-state index contributed by atoms with van der Waals surface area (Å²) >= 11 is 1.71. The van der Waals surface area contributed by atoms with E-state index in [1.807, 2.05) is 37.4 Å². The van der Waals surface area contributed by atoms with Crippen LogP contribution in [0.15, 0.2) is 30.5 Å². The Morgan fingerprint density at radius 1 is 1.27 bits per heavy atom. The van der Waals surface area contributed by atoms with Gasteiger partial charge in [0, 0.05) is 16.6 Å². The highest BCUT2D eigenvalue weighted by atomic mass is 32.1. The quantitative estimate of drug-likeness (QED) is 0.788. The smallest absolute Gasteiger partial charge is 0.123 e. The predicted octanol–water partition coefficient (Wildman–Crippen LogP) is 3.52. The molecule has 78 valence electrons. The number of thiazole rings is 1. The normalized spacial score (nSPS) is 10.3. The molecule has 0 amide bonds. The molecule has 0 aliphatic heterocycles. The van der Waals surface area contributed by atoms with Gasteiger partial charge in [0.15, 0.2) is 0 Å². The van der Waals surface area contributed by atoms with Gasteiger partial charge in [0.1, 0.15) is 10.8 Å². The lowest BCUT2D eigenvalue weighted by Crippen LogP contribution is -1.90. The van der Waals surface area contributed by atoms with E-state index < -0.39 is 0 Å². The van der Waals surface area contributed by atoms with E-state index in [0.29, 0.717) is 6.61 Å².